The molecule has 2 aromatic rings. The number of benzene rings is 2. The number of fused-ring (bicyclic) bond motifs is 1. The van der Waals surface area contributed by atoms with Crippen molar-refractivity contribution in [3.8, 4) is 0 Å². The van der Waals surface area contributed by atoms with E-state index < -0.39 is 9.84 Å². The summed E-state index contributed by atoms with van der Waals surface area (Å²) in [5.74, 6) is 0.149. The van der Waals surface area contributed by atoms with E-state index in [-0.39, 0.29) is 34.7 Å². The van der Waals surface area contributed by atoms with E-state index in [1.165, 1.54) is 11.8 Å². The zero-order valence-corrected chi connectivity index (χ0v) is 17.0. The highest BCUT2D eigenvalue weighted by atomic mass is 32.2. The van der Waals surface area contributed by atoms with Gasteiger partial charge in [0.15, 0.2) is 15.0 Å². The first kappa shape index (κ1) is 19.0. The molecule has 0 spiro atoms. The maximum atomic E-state index is 12.6. The summed E-state index contributed by atoms with van der Waals surface area (Å²) < 4.78 is 23.3. The van der Waals surface area contributed by atoms with Crippen LogP contribution in [0.2, 0.25) is 0 Å². The smallest absolute Gasteiger partial charge is 0.251 e. The molecule has 0 radical (unpaired) electrons. The molecule has 1 fully saturated rings. The molecule has 3 atom stereocenters. The lowest BCUT2D eigenvalue weighted by atomic mass is 10.1. The molecule has 0 aromatic heterocycles. The van der Waals surface area contributed by atoms with Crippen LogP contribution in [0.5, 0.6) is 0 Å². The first-order chi connectivity index (χ1) is 13.4. The van der Waals surface area contributed by atoms with Gasteiger partial charge in [-0.2, -0.15) is 0 Å². The van der Waals surface area contributed by atoms with Gasteiger partial charge in [0.1, 0.15) is 0 Å². The lowest BCUT2D eigenvalue weighted by molar-refractivity contribution is 0.0940. The minimum absolute atomic E-state index is 0.00861. The zero-order valence-electron chi connectivity index (χ0n) is 15.3. The van der Waals surface area contributed by atoms with Crippen LogP contribution >= 0.6 is 11.8 Å². The van der Waals surface area contributed by atoms with Crippen molar-refractivity contribution in [2.75, 3.05) is 16.8 Å². The highest BCUT2D eigenvalue weighted by molar-refractivity contribution is 8.15. The third-order valence-electron chi connectivity index (χ3n) is 4.84. The molecule has 2 aromatic carbocycles. The van der Waals surface area contributed by atoms with E-state index in [4.69, 9.17) is 0 Å². The SMILES string of the molecule is C[C@H](NC(=O)c1cccc(NC2=N[C@@H]3CS(=O)(=O)C[C@H]3S2)c1)c1ccccc1. The number of sulfone groups is 1. The van der Waals surface area contributed by atoms with E-state index in [0.29, 0.717) is 10.7 Å². The molecule has 28 heavy (non-hydrogen) atoms. The number of carbonyl (C=O) groups is 1. The van der Waals surface area contributed by atoms with Crippen LogP contribution in [0.4, 0.5) is 5.69 Å². The minimum Gasteiger partial charge on any atom is -0.346 e. The number of nitrogens with zero attached hydrogens (tertiary/aromatic N) is 1. The molecule has 1 saturated heterocycles. The summed E-state index contributed by atoms with van der Waals surface area (Å²) >= 11 is 1.46. The van der Waals surface area contributed by atoms with Crippen LogP contribution in [0.15, 0.2) is 59.6 Å². The Balaban J connectivity index is 1.41. The molecular formula is C20H21N3O3S2. The molecule has 6 nitrogen and oxygen atoms in total. The van der Waals surface area contributed by atoms with Crippen molar-refractivity contribution >= 4 is 38.4 Å². The summed E-state index contributed by atoms with van der Waals surface area (Å²) in [6.45, 7) is 1.95. The topological polar surface area (TPSA) is 87.6 Å². The van der Waals surface area contributed by atoms with Crippen LogP contribution in [0.3, 0.4) is 0 Å². The normalized spacial score (nSPS) is 23.5. The van der Waals surface area contributed by atoms with Crippen molar-refractivity contribution in [1.29, 1.82) is 0 Å². The second-order valence-electron chi connectivity index (χ2n) is 7.05. The predicted octanol–water partition coefficient (Wildman–Crippen LogP) is 2.86. The quantitative estimate of drug-likeness (QED) is 0.802. The van der Waals surface area contributed by atoms with Gasteiger partial charge in [0.25, 0.3) is 5.91 Å². The number of thioether (sulfide) groups is 1. The largest absolute Gasteiger partial charge is 0.346 e. The standard InChI is InChI=1S/C20H21N3O3S2/c1-13(14-6-3-2-4-7-14)21-19(24)15-8-5-9-16(10-15)22-20-23-17-11-28(25,26)12-18(17)27-20/h2-10,13,17-18H,11-12H2,1H3,(H,21,24)(H,22,23)/t13-,17+,18+/m0/s1. The summed E-state index contributed by atoms with van der Waals surface area (Å²) in [4.78, 5) is 17.1. The molecule has 1 amide bonds. The first-order valence-electron chi connectivity index (χ1n) is 9.07. The van der Waals surface area contributed by atoms with E-state index in [0.717, 1.165) is 11.3 Å². The predicted molar refractivity (Wildman–Crippen MR) is 114 cm³/mol. The number of amidine groups is 1. The Bertz CT molecular complexity index is 1020. The van der Waals surface area contributed by atoms with Crippen LogP contribution in [-0.4, -0.2) is 42.3 Å². The van der Waals surface area contributed by atoms with Crippen LogP contribution < -0.4 is 10.6 Å². The second kappa shape index (κ2) is 7.60. The highest BCUT2D eigenvalue weighted by Crippen LogP contribution is 2.34. The van der Waals surface area contributed by atoms with Gasteiger partial charge in [0, 0.05) is 16.5 Å². The van der Waals surface area contributed by atoms with Gasteiger partial charge in [-0.3, -0.25) is 9.79 Å². The molecule has 0 bridgehead atoms. The number of rotatable bonds is 4. The van der Waals surface area contributed by atoms with Crippen molar-refractivity contribution in [2.24, 2.45) is 4.99 Å². The number of hydrogen-bond donors (Lipinski definition) is 2. The van der Waals surface area contributed by atoms with Gasteiger partial charge in [0.2, 0.25) is 0 Å². The molecule has 4 rings (SSSR count). The van der Waals surface area contributed by atoms with E-state index in [2.05, 4.69) is 15.6 Å². The molecule has 2 aliphatic heterocycles. The average molecular weight is 416 g/mol. The molecule has 2 heterocycles. The lowest BCUT2D eigenvalue weighted by Crippen LogP contribution is -2.26. The number of carbonyl (C=O) groups excluding carboxylic acids is 1. The molecule has 2 N–H and O–H groups in total. The van der Waals surface area contributed by atoms with Gasteiger partial charge in [-0.15, -0.1) is 0 Å². The third kappa shape index (κ3) is 4.23. The van der Waals surface area contributed by atoms with Crippen LogP contribution in [0, 0.1) is 0 Å². The van der Waals surface area contributed by atoms with Crippen molar-refractivity contribution in [2.45, 2.75) is 24.3 Å². The van der Waals surface area contributed by atoms with Gasteiger partial charge in [-0.05, 0) is 30.7 Å². The lowest BCUT2D eigenvalue weighted by Gasteiger charge is -2.15. The van der Waals surface area contributed by atoms with Gasteiger partial charge >= 0.3 is 0 Å². The number of aliphatic imine (C=N–C) groups is 1. The average Bonchev–Trinajstić information content (AvgIpc) is 3.15. The Labute approximate surface area is 168 Å². The Hall–Kier alpha value is -2.32. The van der Waals surface area contributed by atoms with Crippen molar-refractivity contribution in [3.05, 3.63) is 65.7 Å². The summed E-state index contributed by atoms with van der Waals surface area (Å²) in [6.07, 6.45) is 0. The Morgan fingerprint density at radius 3 is 2.68 bits per heavy atom. The van der Waals surface area contributed by atoms with E-state index in [1.807, 2.05) is 49.4 Å². The second-order valence-corrected chi connectivity index (χ2v) is 10.4. The fourth-order valence-electron chi connectivity index (χ4n) is 3.38. The zero-order chi connectivity index (χ0) is 19.7. The molecular weight excluding hydrogens is 394 g/mol. The van der Waals surface area contributed by atoms with E-state index in [9.17, 15) is 13.2 Å². The van der Waals surface area contributed by atoms with Gasteiger partial charge < -0.3 is 10.6 Å². The molecule has 0 saturated carbocycles. The molecule has 0 unspecified atom stereocenters. The highest BCUT2D eigenvalue weighted by Gasteiger charge is 2.42. The van der Waals surface area contributed by atoms with Crippen molar-refractivity contribution in [1.82, 2.24) is 5.32 Å². The maximum Gasteiger partial charge on any atom is 0.251 e. The van der Waals surface area contributed by atoms with Gasteiger partial charge in [0.05, 0.1) is 23.6 Å². The Kier molecular flexibility index (Phi) is 5.16. The minimum atomic E-state index is -2.96. The molecule has 0 aliphatic carbocycles. The van der Waals surface area contributed by atoms with Crippen molar-refractivity contribution < 1.29 is 13.2 Å². The molecule has 8 heteroatoms. The van der Waals surface area contributed by atoms with Crippen molar-refractivity contribution in [3.63, 3.8) is 0 Å². The monoisotopic (exact) mass is 415 g/mol. The summed E-state index contributed by atoms with van der Waals surface area (Å²) in [6, 6.07) is 16.8. The maximum absolute atomic E-state index is 12.6. The Morgan fingerprint density at radius 1 is 1.14 bits per heavy atom. The van der Waals surface area contributed by atoms with Crippen LogP contribution in [-0.2, 0) is 9.84 Å². The number of nitrogens with one attached hydrogen (secondary N) is 2. The first-order valence-corrected chi connectivity index (χ1v) is 11.8. The molecule has 146 valence electrons. The number of hydrogen-bond acceptors (Lipinski definition) is 6. The third-order valence-corrected chi connectivity index (χ3v) is 7.98. The molecule has 2 aliphatic rings. The van der Waals surface area contributed by atoms with Crippen LogP contribution in [0.1, 0.15) is 28.9 Å². The fraction of sp³-hybridized carbons (Fsp3) is 0.300. The number of anilines is 1. The van der Waals surface area contributed by atoms with Crippen LogP contribution in [0.25, 0.3) is 0 Å². The summed E-state index contributed by atoms with van der Waals surface area (Å²) in [7, 11) is -2.96. The Morgan fingerprint density at radius 2 is 1.93 bits per heavy atom. The fourth-order valence-corrected chi connectivity index (χ4v) is 7.06. The number of amides is 1. The summed E-state index contributed by atoms with van der Waals surface area (Å²) in [5, 5.41) is 6.92. The van der Waals surface area contributed by atoms with Gasteiger partial charge in [-0.25, -0.2) is 8.42 Å². The van der Waals surface area contributed by atoms with Gasteiger partial charge in [-0.1, -0.05) is 48.2 Å². The van der Waals surface area contributed by atoms with E-state index in [1.54, 1.807) is 12.1 Å². The summed E-state index contributed by atoms with van der Waals surface area (Å²) in [5.41, 5.74) is 2.36. The van der Waals surface area contributed by atoms with E-state index >= 15 is 0 Å².